The van der Waals surface area contributed by atoms with Gasteiger partial charge in [-0.25, -0.2) is 0 Å². The lowest BCUT2D eigenvalue weighted by molar-refractivity contribution is -0.120. The Labute approximate surface area is 120 Å². The molecule has 1 unspecified atom stereocenters. The lowest BCUT2D eigenvalue weighted by atomic mass is 10.1. The van der Waals surface area contributed by atoms with Gasteiger partial charge in [-0.15, -0.1) is 6.42 Å². The van der Waals surface area contributed by atoms with E-state index in [1.54, 1.807) is 14.0 Å². The molecule has 1 rings (SSSR count). The number of amides is 1. The van der Waals surface area contributed by atoms with Gasteiger partial charge in [0.05, 0.1) is 7.11 Å². The summed E-state index contributed by atoms with van der Waals surface area (Å²) in [4.78, 5) is 11.4. The molecule has 0 saturated heterocycles. The Balaban J connectivity index is 2.72. The topological polar surface area (TPSA) is 47.6 Å². The largest absolute Gasteiger partial charge is 0.493 e. The first-order valence-electron chi connectivity index (χ1n) is 6.67. The van der Waals surface area contributed by atoms with E-state index in [1.165, 1.54) is 0 Å². The van der Waals surface area contributed by atoms with Crippen LogP contribution >= 0.6 is 0 Å². The average Bonchev–Trinajstić information content (AvgIpc) is 2.46. The lowest BCUT2D eigenvalue weighted by Gasteiger charge is -2.14. The van der Waals surface area contributed by atoms with E-state index in [0.29, 0.717) is 30.9 Å². The Hall–Kier alpha value is -2.15. The zero-order valence-corrected chi connectivity index (χ0v) is 12.2. The van der Waals surface area contributed by atoms with Gasteiger partial charge in [-0.1, -0.05) is 12.0 Å². The molecular formula is C16H21NO3. The molecule has 4 nitrogen and oxygen atoms in total. The summed E-state index contributed by atoms with van der Waals surface area (Å²) in [6, 6.07) is 5.61. The molecule has 0 saturated carbocycles. The van der Waals surface area contributed by atoms with Gasteiger partial charge in [0.25, 0.3) is 0 Å². The van der Waals surface area contributed by atoms with Crippen molar-refractivity contribution in [1.29, 1.82) is 0 Å². The minimum atomic E-state index is -0.315. The van der Waals surface area contributed by atoms with E-state index in [-0.39, 0.29) is 12.0 Å². The van der Waals surface area contributed by atoms with Crippen molar-refractivity contribution in [1.82, 2.24) is 5.32 Å². The lowest BCUT2D eigenvalue weighted by Crippen LogP contribution is -2.22. The predicted octanol–water partition coefficient (Wildman–Crippen LogP) is 2.16. The fourth-order valence-electron chi connectivity index (χ4n) is 1.73. The number of hydrogen-bond acceptors (Lipinski definition) is 3. The van der Waals surface area contributed by atoms with Crippen LogP contribution in [0.3, 0.4) is 0 Å². The molecule has 0 aliphatic heterocycles. The van der Waals surface area contributed by atoms with Crippen LogP contribution in [0.25, 0.3) is 0 Å². The van der Waals surface area contributed by atoms with E-state index >= 15 is 0 Å². The van der Waals surface area contributed by atoms with Crippen LogP contribution in [0, 0.1) is 12.3 Å². The van der Waals surface area contributed by atoms with Crippen molar-refractivity contribution < 1.29 is 14.3 Å². The van der Waals surface area contributed by atoms with Crippen molar-refractivity contribution >= 4 is 5.91 Å². The van der Waals surface area contributed by atoms with Gasteiger partial charge >= 0.3 is 0 Å². The van der Waals surface area contributed by atoms with Gasteiger partial charge in [0.2, 0.25) is 5.91 Å². The number of terminal acetylenes is 1. The summed E-state index contributed by atoms with van der Waals surface area (Å²) in [5.41, 5.74) is 1.02. The normalized spacial score (nSPS) is 11.3. The molecule has 4 heteroatoms. The molecule has 20 heavy (non-hydrogen) atoms. The average molecular weight is 275 g/mol. The number of ether oxygens (including phenoxy) is 2. The van der Waals surface area contributed by atoms with Crippen LogP contribution in [0.1, 0.15) is 25.8 Å². The first kappa shape index (κ1) is 15.9. The number of nitrogens with one attached hydrogen (secondary N) is 1. The van der Waals surface area contributed by atoms with Crippen LogP contribution in [-0.2, 0) is 11.2 Å². The molecule has 0 aliphatic rings. The van der Waals surface area contributed by atoms with Crippen LogP contribution in [0.5, 0.6) is 11.5 Å². The summed E-state index contributed by atoms with van der Waals surface area (Å²) in [5.74, 6) is 3.79. The monoisotopic (exact) mass is 275 g/mol. The highest BCUT2D eigenvalue weighted by Gasteiger charge is 2.09. The van der Waals surface area contributed by atoms with E-state index in [9.17, 15) is 4.79 Å². The van der Waals surface area contributed by atoms with Crippen molar-refractivity contribution in [3.8, 4) is 23.8 Å². The van der Waals surface area contributed by atoms with Gasteiger partial charge in [-0.05, 0) is 38.0 Å². The summed E-state index contributed by atoms with van der Waals surface area (Å²) >= 11 is 0. The molecular weight excluding hydrogens is 254 g/mol. The highest BCUT2D eigenvalue weighted by Crippen LogP contribution is 2.29. The third-order valence-corrected chi connectivity index (χ3v) is 2.78. The van der Waals surface area contributed by atoms with E-state index < -0.39 is 0 Å². The fourth-order valence-corrected chi connectivity index (χ4v) is 1.73. The highest BCUT2D eigenvalue weighted by molar-refractivity contribution is 5.76. The third kappa shape index (κ3) is 4.85. The SMILES string of the molecule is C#CC(C)Oc1ccc(CCC(=O)NCC)cc1OC. The van der Waals surface area contributed by atoms with Crippen LogP contribution in [0.15, 0.2) is 18.2 Å². The molecule has 0 radical (unpaired) electrons. The Morgan fingerprint density at radius 1 is 1.45 bits per heavy atom. The Kier molecular flexibility index (Phi) is 6.45. The minimum absolute atomic E-state index is 0.0488. The molecule has 0 aromatic heterocycles. The number of benzene rings is 1. The smallest absolute Gasteiger partial charge is 0.220 e. The van der Waals surface area contributed by atoms with Crippen molar-refractivity contribution in [3.63, 3.8) is 0 Å². The molecule has 1 amide bonds. The summed E-state index contributed by atoms with van der Waals surface area (Å²) in [6.07, 6.45) is 6.09. The van der Waals surface area contributed by atoms with Crippen molar-refractivity contribution in [3.05, 3.63) is 23.8 Å². The molecule has 0 heterocycles. The van der Waals surface area contributed by atoms with Crippen LogP contribution in [-0.4, -0.2) is 25.7 Å². The summed E-state index contributed by atoms with van der Waals surface area (Å²) < 4.78 is 10.9. The van der Waals surface area contributed by atoms with Crippen LogP contribution in [0.4, 0.5) is 0 Å². The van der Waals surface area contributed by atoms with Crippen molar-refractivity contribution in [2.24, 2.45) is 0 Å². The summed E-state index contributed by atoms with van der Waals surface area (Å²) in [7, 11) is 1.58. The number of hydrogen-bond donors (Lipinski definition) is 1. The first-order chi connectivity index (χ1) is 9.60. The second-order valence-electron chi connectivity index (χ2n) is 4.37. The van der Waals surface area contributed by atoms with Gasteiger partial charge in [0, 0.05) is 13.0 Å². The highest BCUT2D eigenvalue weighted by atomic mass is 16.5. The maximum Gasteiger partial charge on any atom is 0.220 e. The Morgan fingerprint density at radius 2 is 2.20 bits per heavy atom. The Morgan fingerprint density at radius 3 is 2.80 bits per heavy atom. The molecule has 1 aromatic rings. The second-order valence-corrected chi connectivity index (χ2v) is 4.37. The Bertz CT molecular complexity index is 491. The van der Waals surface area contributed by atoms with Gasteiger partial charge in [0.15, 0.2) is 17.6 Å². The zero-order chi connectivity index (χ0) is 15.0. The minimum Gasteiger partial charge on any atom is -0.493 e. The first-order valence-corrected chi connectivity index (χ1v) is 6.67. The van der Waals surface area contributed by atoms with Crippen molar-refractivity contribution in [2.45, 2.75) is 32.8 Å². The maximum atomic E-state index is 11.4. The van der Waals surface area contributed by atoms with Crippen LogP contribution < -0.4 is 14.8 Å². The van der Waals surface area contributed by atoms with E-state index in [1.807, 2.05) is 25.1 Å². The van der Waals surface area contributed by atoms with Gasteiger partial charge in [-0.3, -0.25) is 4.79 Å². The molecule has 0 spiro atoms. The van der Waals surface area contributed by atoms with Gasteiger partial charge in [0.1, 0.15) is 0 Å². The number of methoxy groups -OCH3 is 1. The van der Waals surface area contributed by atoms with Gasteiger partial charge < -0.3 is 14.8 Å². The quantitative estimate of drug-likeness (QED) is 0.776. The predicted molar refractivity (Wildman–Crippen MR) is 78.9 cm³/mol. The summed E-state index contributed by atoms with van der Waals surface area (Å²) in [6.45, 7) is 4.35. The molecule has 0 fully saturated rings. The number of carbonyl (C=O) groups excluding carboxylic acids is 1. The maximum absolute atomic E-state index is 11.4. The molecule has 0 aliphatic carbocycles. The molecule has 0 bridgehead atoms. The molecule has 1 atom stereocenters. The van der Waals surface area contributed by atoms with Crippen molar-refractivity contribution in [2.75, 3.05) is 13.7 Å². The summed E-state index contributed by atoms with van der Waals surface area (Å²) in [5, 5.41) is 2.77. The second kappa shape index (κ2) is 8.11. The van der Waals surface area contributed by atoms with E-state index in [0.717, 1.165) is 5.56 Å². The van der Waals surface area contributed by atoms with E-state index in [4.69, 9.17) is 15.9 Å². The third-order valence-electron chi connectivity index (χ3n) is 2.78. The van der Waals surface area contributed by atoms with E-state index in [2.05, 4.69) is 11.2 Å². The molecule has 108 valence electrons. The number of rotatable bonds is 7. The van der Waals surface area contributed by atoms with Crippen LogP contribution in [0.2, 0.25) is 0 Å². The van der Waals surface area contributed by atoms with Gasteiger partial charge in [-0.2, -0.15) is 0 Å². The fraction of sp³-hybridized carbons (Fsp3) is 0.438. The molecule has 1 N–H and O–H groups in total. The standard InChI is InChI=1S/C16H21NO3/c1-5-12(3)20-14-9-7-13(11-15(14)19-4)8-10-16(18)17-6-2/h1,7,9,11-12H,6,8,10H2,2-4H3,(H,17,18). The zero-order valence-electron chi connectivity index (χ0n) is 12.2. The molecule has 1 aromatic carbocycles. The number of aryl methyl sites for hydroxylation is 1. The number of carbonyl (C=O) groups is 1.